The molecule has 3 aromatic rings. The first kappa shape index (κ1) is 28.9. The molecule has 0 atom stereocenters. The SMILES string of the molecule is CCCCc1nc(SCCCCO)c(C(=O)OCC)n1Cc1ccc(-c2ccccc2S(N)(=O)=O)cc1. The second kappa shape index (κ2) is 13.8. The van der Waals surface area contributed by atoms with E-state index >= 15 is 0 Å². The van der Waals surface area contributed by atoms with Crippen LogP contribution in [0.5, 0.6) is 0 Å². The van der Waals surface area contributed by atoms with Crippen molar-refractivity contribution in [3.8, 4) is 11.1 Å². The molecule has 2 aromatic carbocycles. The minimum Gasteiger partial charge on any atom is -0.461 e. The minimum absolute atomic E-state index is 0.0756. The summed E-state index contributed by atoms with van der Waals surface area (Å²) in [5.41, 5.74) is 2.66. The summed E-state index contributed by atoms with van der Waals surface area (Å²) >= 11 is 1.51. The summed E-state index contributed by atoms with van der Waals surface area (Å²) in [5, 5.41) is 15.2. The lowest BCUT2D eigenvalue weighted by Crippen LogP contribution is -2.16. The maximum atomic E-state index is 13.0. The molecule has 0 spiro atoms. The van der Waals surface area contributed by atoms with Crippen LogP contribution in [0.25, 0.3) is 11.1 Å². The number of rotatable bonds is 14. The third-order valence-corrected chi connectivity index (χ3v) is 7.85. The van der Waals surface area contributed by atoms with Gasteiger partial charge in [0.05, 0.1) is 11.5 Å². The van der Waals surface area contributed by atoms with Gasteiger partial charge in [-0.1, -0.05) is 55.8 Å². The van der Waals surface area contributed by atoms with E-state index in [0.717, 1.165) is 48.4 Å². The maximum Gasteiger partial charge on any atom is 0.357 e. The van der Waals surface area contributed by atoms with Crippen molar-refractivity contribution in [3.05, 3.63) is 65.6 Å². The van der Waals surface area contributed by atoms with E-state index in [1.54, 1.807) is 25.1 Å². The molecular formula is C27H35N3O5S2. The Labute approximate surface area is 223 Å². The van der Waals surface area contributed by atoms with Crippen molar-refractivity contribution in [3.63, 3.8) is 0 Å². The number of unbranched alkanes of at least 4 members (excludes halogenated alkanes) is 2. The van der Waals surface area contributed by atoms with Gasteiger partial charge in [0, 0.05) is 25.1 Å². The van der Waals surface area contributed by atoms with Gasteiger partial charge < -0.3 is 14.4 Å². The number of aliphatic hydroxyl groups excluding tert-OH is 1. The van der Waals surface area contributed by atoms with Gasteiger partial charge in [-0.2, -0.15) is 0 Å². The number of thioether (sulfide) groups is 1. The van der Waals surface area contributed by atoms with Crippen LogP contribution in [0.1, 0.15) is 61.4 Å². The Morgan fingerprint density at radius 1 is 1.08 bits per heavy atom. The molecule has 0 bridgehead atoms. The van der Waals surface area contributed by atoms with Crippen molar-refractivity contribution < 1.29 is 23.1 Å². The van der Waals surface area contributed by atoms with E-state index < -0.39 is 16.0 Å². The van der Waals surface area contributed by atoms with Crippen LogP contribution in [0.15, 0.2) is 58.5 Å². The number of sulfonamides is 1. The first-order chi connectivity index (χ1) is 17.8. The van der Waals surface area contributed by atoms with E-state index in [9.17, 15) is 13.2 Å². The van der Waals surface area contributed by atoms with Gasteiger partial charge in [0.25, 0.3) is 0 Å². The Bertz CT molecular complexity index is 1290. The third-order valence-electron chi connectivity index (χ3n) is 5.83. The molecule has 3 rings (SSSR count). The fraction of sp³-hybridized carbons (Fsp3) is 0.407. The quantitative estimate of drug-likeness (QED) is 0.172. The predicted octanol–water partition coefficient (Wildman–Crippen LogP) is 4.63. The topological polar surface area (TPSA) is 125 Å². The average Bonchev–Trinajstić information content (AvgIpc) is 3.22. The number of benzene rings is 2. The number of hydrogen-bond acceptors (Lipinski definition) is 7. The monoisotopic (exact) mass is 545 g/mol. The van der Waals surface area contributed by atoms with Crippen LogP contribution in [0.3, 0.4) is 0 Å². The number of ether oxygens (including phenoxy) is 1. The summed E-state index contributed by atoms with van der Waals surface area (Å²) in [5.74, 6) is 1.18. The Morgan fingerprint density at radius 2 is 1.81 bits per heavy atom. The number of esters is 1. The molecule has 0 amide bonds. The lowest BCUT2D eigenvalue weighted by atomic mass is 10.0. The molecule has 1 heterocycles. The Balaban J connectivity index is 1.97. The number of carbonyl (C=O) groups excluding carboxylic acids is 1. The van der Waals surface area contributed by atoms with Gasteiger partial charge >= 0.3 is 5.97 Å². The highest BCUT2D eigenvalue weighted by Crippen LogP contribution is 2.29. The molecule has 0 unspecified atom stereocenters. The number of imidazole rings is 1. The average molecular weight is 546 g/mol. The number of aliphatic hydroxyl groups is 1. The van der Waals surface area contributed by atoms with Crippen LogP contribution >= 0.6 is 11.8 Å². The van der Waals surface area contributed by atoms with Crippen LogP contribution in [0.2, 0.25) is 0 Å². The van der Waals surface area contributed by atoms with Crippen molar-refractivity contribution in [2.75, 3.05) is 19.0 Å². The van der Waals surface area contributed by atoms with E-state index in [0.29, 0.717) is 29.2 Å². The fourth-order valence-corrected chi connectivity index (χ4v) is 5.78. The molecule has 200 valence electrons. The van der Waals surface area contributed by atoms with Gasteiger partial charge in [0.1, 0.15) is 10.9 Å². The number of hydrogen-bond donors (Lipinski definition) is 2. The number of primary sulfonamides is 1. The molecule has 0 saturated carbocycles. The first-order valence-electron chi connectivity index (χ1n) is 12.5. The molecular weight excluding hydrogens is 510 g/mol. The van der Waals surface area contributed by atoms with Crippen LogP contribution < -0.4 is 5.14 Å². The minimum atomic E-state index is -3.86. The van der Waals surface area contributed by atoms with Crippen LogP contribution in [-0.4, -0.2) is 48.0 Å². The highest BCUT2D eigenvalue weighted by atomic mass is 32.2. The summed E-state index contributed by atoms with van der Waals surface area (Å²) in [6.45, 7) is 4.72. The highest BCUT2D eigenvalue weighted by molar-refractivity contribution is 7.99. The normalized spacial score (nSPS) is 11.6. The maximum absolute atomic E-state index is 13.0. The van der Waals surface area contributed by atoms with Gasteiger partial charge in [0.15, 0.2) is 5.69 Å². The van der Waals surface area contributed by atoms with E-state index in [-0.39, 0.29) is 18.1 Å². The van der Waals surface area contributed by atoms with Crippen molar-refractivity contribution >= 4 is 27.8 Å². The second-order valence-electron chi connectivity index (χ2n) is 8.61. The van der Waals surface area contributed by atoms with E-state index in [1.807, 2.05) is 28.8 Å². The number of aryl methyl sites for hydroxylation is 1. The van der Waals surface area contributed by atoms with Crippen molar-refractivity contribution in [2.45, 2.75) is 62.4 Å². The van der Waals surface area contributed by atoms with Gasteiger partial charge in [-0.15, -0.1) is 11.8 Å². The number of carbonyl (C=O) groups is 1. The molecule has 0 aliphatic heterocycles. The molecule has 0 aliphatic carbocycles. The Morgan fingerprint density at radius 3 is 2.46 bits per heavy atom. The smallest absolute Gasteiger partial charge is 0.357 e. The largest absolute Gasteiger partial charge is 0.461 e. The van der Waals surface area contributed by atoms with Crippen LogP contribution in [0.4, 0.5) is 0 Å². The van der Waals surface area contributed by atoms with Gasteiger partial charge in [-0.05, 0) is 49.1 Å². The molecule has 10 heteroatoms. The van der Waals surface area contributed by atoms with Crippen molar-refractivity contribution in [1.82, 2.24) is 9.55 Å². The predicted molar refractivity (Wildman–Crippen MR) is 146 cm³/mol. The Kier molecular flexibility index (Phi) is 10.7. The standard InChI is InChI=1S/C27H35N3O5S2/c1-3-5-12-24-29-26(36-18-9-8-17-31)25(27(32)35-4-2)30(24)19-20-13-15-21(16-14-20)22-10-6-7-11-23(22)37(28,33)34/h6-7,10-11,13-16,31H,3-5,8-9,12,17-19H2,1-2H3,(H2,28,33,34). The molecule has 8 nitrogen and oxygen atoms in total. The Hall–Kier alpha value is -2.66. The first-order valence-corrected chi connectivity index (χ1v) is 15.0. The van der Waals surface area contributed by atoms with Crippen LogP contribution in [0, 0.1) is 0 Å². The summed E-state index contributed by atoms with van der Waals surface area (Å²) in [4.78, 5) is 17.9. The molecule has 1 aromatic heterocycles. The summed E-state index contributed by atoms with van der Waals surface area (Å²) < 4.78 is 31.4. The summed E-state index contributed by atoms with van der Waals surface area (Å²) in [7, 11) is -3.86. The molecule has 3 N–H and O–H groups in total. The fourth-order valence-electron chi connectivity index (χ4n) is 3.98. The molecule has 37 heavy (non-hydrogen) atoms. The molecule has 0 radical (unpaired) electrons. The number of nitrogens with zero attached hydrogens (tertiary/aromatic N) is 2. The van der Waals surface area contributed by atoms with Gasteiger partial charge in [0.2, 0.25) is 10.0 Å². The third kappa shape index (κ3) is 7.67. The van der Waals surface area contributed by atoms with Gasteiger partial charge in [-0.3, -0.25) is 0 Å². The van der Waals surface area contributed by atoms with Crippen molar-refractivity contribution in [2.24, 2.45) is 5.14 Å². The molecule has 0 aliphatic rings. The zero-order valence-corrected chi connectivity index (χ0v) is 23.0. The van der Waals surface area contributed by atoms with E-state index in [1.165, 1.54) is 17.8 Å². The van der Waals surface area contributed by atoms with Crippen molar-refractivity contribution in [1.29, 1.82) is 0 Å². The lowest BCUT2D eigenvalue weighted by Gasteiger charge is -2.13. The zero-order chi connectivity index (χ0) is 26.8. The number of nitrogens with two attached hydrogens (primary N) is 1. The highest BCUT2D eigenvalue weighted by Gasteiger charge is 2.24. The summed E-state index contributed by atoms with van der Waals surface area (Å²) in [6.07, 6.45) is 4.20. The zero-order valence-electron chi connectivity index (χ0n) is 21.4. The van der Waals surface area contributed by atoms with E-state index in [2.05, 4.69) is 6.92 Å². The lowest BCUT2D eigenvalue weighted by molar-refractivity contribution is 0.0509. The second-order valence-corrected chi connectivity index (χ2v) is 11.2. The molecule has 0 fully saturated rings. The summed E-state index contributed by atoms with van der Waals surface area (Å²) in [6, 6.07) is 14.2. The van der Waals surface area contributed by atoms with Gasteiger partial charge in [-0.25, -0.2) is 23.3 Å². The molecule has 0 saturated heterocycles. The van der Waals surface area contributed by atoms with Crippen LogP contribution in [-0.2, 0) is 27.7 Å². The van der Waals surface area contributed by atoms with E-state index in [4.69, 9.17) is 20.0 Å². The number of aromatic nitrogens is 2.